The molecule has 2 aromatic rings. The van der Waals surface area contributed by atoms with Crippen molar-refractivity contribution in [1.29, 1.82) is 5.26 Å². The molecule has 0 saturated carbocycles. The van der Waals surface area contributed by atoms with Gasteiger partial charge in [-0.3, -0.25) is 0 Å². The molecule has 0 radical (unpaired) electrons. The van der Waals surface area contributed by atoms with E-state index in [9.17, 15) is 8.42 Å². The predicted octanol–water partition coefficient (Wildman–Crippen LogP) is 1.86. The van der Waals surface area contributed by atoms with Gasteiger partial charge in [0, 0.05) is 13.6 Å². The Kier molecular flexibility index (Phi) is 5.03. The fraction of sp³-hybridized carbons (Fsp3) is 0.333. The number of hydrogen-bond donors (Lipinski definition) is 0. The Morgan fingerprint density at radius 2 is 1.96 bits per heavy atom. The highest BCUT2D eigenvalue weighted by atomic mass is 32.2. The van der Waals surface area contributed by atoms with Crippen LogP contribution in [0.5, 0.6) is 5.75 Å². The first-order valence-electron chi connectivity index (χ1n) is 6.88. The summed E-state index contributed by atoms with van der Waals surface area (Å²) in [5.74, 6) is 0.842. The number of benzene rings is 1. The van der Waals surface area contributed by atoms with Crippen molar-refractivity contribution in [2.24, 2.45) is 0 Å². The number of sulfonamides is 1. The maximum atomic E-state index is 12.5. The van der Waals surface area contributed by atoms with E-state index >= 15 is 0 Å². The summed E-state index contributed by atoms with van der Waals surface area (Å²) in [7, 11) is -2.19. The molecule has 0 bridgehead atoms. The maximum Gasteiger partial charge on any atom is 0.248 e. The van der Waals surface area contributed by atoms with Crippen molar-refractivity contribution in [3.05, 3.63) is 41.3 Å². The molecule has 0 spiro atoms. The van der Waals surface area contributed by atoms with E-state index in [1.54, 1.807) is 38.1 Å². The smallest absolute Gasteiger partial charge is 0.248 e. The molecule has 0 aliphatic rings. The molecule has 1 aromatic carbocycles. The van der Waals surface area contributed by atoms with Gasteiger partial charge in [-0.25, -0.2) is 8.42 Å². The van der Waals surface area contributed by atoms with Crippen molar-refractivity contribution >= 4 is 10.0 Å². The van der Waals surface area contributed by atoms with Crippen LogP contribution in [0.25, 0.3) is 0 Å². The van der Waals surface area contributed by atoms with Crippen molar-refractivity contribution in [3.8, 4) is 11.8 Å². The average molecular weight is 335 g/mol. The summed E-state index contributed by atoms with van der Waals surface area (Å²) in [6, 6.07) is 8.63. The van der Waals surface area contributed by atoms with Crippen LogP contribution in [0.3, 0.4) is 0 Å². The van der Waals surface area contributed by atoms with E-state index in [4.69, 9.17) is 14.5 Å². The van der Waals surface area contributed by atoms with Crippen LogP contribution in [-0.2, 0) is 10.0 Å². The Labute approximate surface area is 135 Å². The SMILES string of the molecule is Cc1noc(C)c1S(=O)(=O)N(C)CCOc1ccc(C#N)cc1. The Hall–Kier alpha value is -2.37. The fourth-order valence-electron chi connectivity index (χ4n) is 2.04. The Bertz CT molecular complexity index is 800. The molecule has 0 N–H and O–H groups in total. The van der Waals surface area contributed by atoms with E-state index in [1.165, 1.54) is 11.4 Å². The van der Waals surface area contributed by atoms with Crippen molar-refractivity contribution in [2.45, 2.75) is 18.7 Å². The van der Waals surface area contributed by atoms with Crippen LogP contribution in [0, 0.1) is 25.2 Å². The molecule has 1 heterocycles. The number of aryl methyl sites for hydroxylation is 2. The van der Waals surface area contributed by atoms with Gasteiger partial charge in [0.2, 0.25) is 10.0 Å². The minimum Gasteiger partial charge on any atom is -0.492 e. The molecule has 7 nitrogen and oxygen atoms in total. The number of aromatic nitrogens is 1. The fourth-order valence-corrected chi connectivity index (χ4v) is 3.47. The average Bonchev–Trinajstić information content (AvgIpc) is 2.87. The van der Waals surface area contributed by atoms with Gasteiger partial charge in [0.15, 0.2) is 5.76 Å². The van der Waals surface area contributed by atoms with Crippen LogP contribution in [0.1, 0.15) is 17.0 Å². The molecule has 8 heteroatoms. The first-order valence-corrected chi connectivity index (χ1v) is 8.32. The second-order valence-corrected chi connectivity index (χ2v) is 6.95. The Morgan fingerprint density at radius 3 is 2.48 bits per heavy atom. The lowest BCUT2D eigenvalue weighted by molar-refractivity contribution is 0.286. The zero-order valence-electron chi connectivity index (χ0n) is 13.1. The monoisotopic (exact) mass is 335 g/mol. The van der Waals surface area contributed by atoms with E-state index in [0.29, 0.717) is 17.0 Å². The standard InChI is InChI=1S/C15H17N3O4S/c1-11-15(12(2)22-17-11)23(19,20)18(3)8-9-21-14-6-4-13(10-16)5-7-14/h4-7H,8-9H2,1-3H3. The number of nitriles is 1. The van der Waals surface area contributed by atoms with Gasteiger partial charge in [0.05, 0.1) is 11.6 Å². The molecule has 0 atom stereocenters. The van der Waals surface area contributed by atoms with Crippen LogP contribution < -0.4 is 4.74 Å². The van der Waals surface area contributed by atoms with Crippen molar-refractivity contribution in [3.63, 3.8) is 0 Å². The molecule has 0 aliphatic carbocycles. The Balaban J connectivity index is 1.99. The van der Waals surface area contributed by atoms with E-state index in [0.717, 1.165) is 0 Å². The molecule has 122 valence electrons. The third kappa shape index (κ3) is 3.70. The molecular formula is C15H17N3O4S. The van der Waals surface area contributed by atoms with Gasteiger partial charge < -0.3 is 9.26 Å². The summed E-state index contributed by atoms with van der Waals surface area (Å²) in [5, 5.41) is 12.4. The van der Waals surface area contributed by atoms with Gasteiger partial charge in [-0.05, 0) is 38.1 Å². The summed E-state index contributed by atoms with van der Waals surface area (Å²) < 4.78 is 36.6. The largest absolute Gasteiger partial charge is 0.492 e. The molecule has 0 amide bonds. The number of hydrogen-bond acceptors (Lipinski definition) is 6. The number of nitrogens with zero attached hydrogens (tertiary/aromatic N) is 3. The van der Waals surface area contributed by atoms with Gasteiger partial charge in [-0.2, -0.15) is 9.57 Å². The highest BCUT2D eigenvalue weighted by molar-refractivity contribution is 7.89. The number of likely N-dealkylation sites (N-methyl/N-ethyl adjacent to an activating group) is 1. The number of ether oxygens (including phenoxy) is 1. The summed E-state index contributed by atoms with van der Waals surface area (Å²) in [6.07, 6.45) is 0. The molecule has 0 saturated heterocycles. The lowest BCUT2D eigenvalue weighted by Gasteiger charge is -2.17. The highest BCUT2D eigenvalue weighted by Gasteiger charge is 2.28. The van der Waals surface area contributed by atoms with Gasteiger partial charge in [0.1, 0.15) is 22.9 Å². The zero-order valence-corrected chi connectivity index (χ0v) is 13.9. The summed E-state index contributed by atoms with van der Waals surface area (Å²) in [6.45, 7) is 3.51. The van der Waals surface area contributed by atoms with Crippen LogP contribution >= 0.6 is 0 Å². The van der Waals surface area contributed by atoms with E-state index in [1.807, 2.05) is 6.07 Å². The van der Waals surface area contributed by atoms with Crippen molar-refractivity contribution in [2.75, 3.05) is 20.2 Å². The van der Waals surface area contributed by atoms with Crippen LogP contribution in [0.15, 0.2) is 33.7 Å². The van der Waals surface area contributed by atoms with Gasteiger partial charge in [0.25, 0.3) is 0 Å². The molecule has 2 rings (SSSR count). The summed E-state index contributed by atoms with van der Waals surface area (Å²) >= 11 is 0. The quantitative estimate of drug-likeness (QED) is 0.799. The maximum absolute atomic E-state index is 12.5. The lowest BCUT2D eigenvalue weighted by Crippen LogP contribution is -2.31. The minimum atomic E-state index is -3.67. The molecule has 0 unspecified atom stereocenters. The molecular weight excluding hydrogens is 318 g/mol. The first-order chi connectivity index (χ1) is 10.9. The predicted molar refractivity (Wildman–Crippen MR) is 82.4 cm³/mol. The third-order valence-corrected chi connectivity index (χ3v) is 5.40. The summed E-state index contributed by atoms with van der Waals surface area (Å²) in [5.41, 5.74) is 0.873. The van der Waals surface area contributed by atoms with Crippen molar-refractivity contribution in [1.82, 2.24) is 9.46 Å². The topological polar surface area (TPSA) is 96.4 Å². The van der Waals surface area contributed by atoms with Gasteiger partial charge >= 0.3 is 0 Å². The van der Waals surface area contributed by atoms with Gasteiger partial charge in [-0.1, -0.05) is 5.16 Å². The number of rotatable bonds is 6. The van der Waals surface area contributed by atoms with E-state index in [2.05, 4.69) is 5.16 Å². The Morgan fingerprint density at radius 1 is 1.30 bits per heavy atom. The lowest BCUT2D eigenvalue weighted by atomic mass is 10.2. The van der Waals surface area contributed by atoms with Crippen LogP contribution in [-0.4, -0.2) is 38.1 Å². The van der Waals surface area contributed by atoms with Gasteiger partial charge in [-0.15, -0.1) is 0 Å². The van der Waals surface area contributed by atoms with E-state index < -0.39 is 10.0 Å². The van der Waals surface area contributed by atoms with E-state index in [-0.39, 0.29) is 23.8 Å². The third-order valence-electron chi connectivity index (χ3n) is 3.29. The van der Waals surface area contributed by atoms with Crippen LogP contribution in [0.4, 0.5) is 0 Å². The highest BCUT2D eigenvalue weighted by Crippen LogP contribution is 2.22. The second kappa shape index (κ2) is 6.81. The second-order valence-electron chi connectivity index (χ2n) is 4.96. The minimum absolute atomic E-state index is 0.0957. The van der Waals surface area contributed by atoms with Crippen LogP contribution in [0.2, 0.25) is 0 Å². The summed E-state index contributed by atoms with van der Waals surface area (Å²) in [4.78, 5) is 0.0957. The zero-order chi connectivity index (χ0) is 17.0. The normalized spacial score (nSPS) is 11.4. The van der Waals surface area contributed by atoms with Crippen molar-refractivity contribution < 1.29 is 17.7 Å². The molecule has 23 heavy (non-hydrogen) atoms. The first kappa shape index (κ1) is 17.0. The molecule has 0 aliphatic heterocycles. The molecule has 1 aromatic heterocycles. The molecule has 0 fully saturated rings.